The second-order valence-electron chi connectivity index (χ2n) is 5.99. The summed E-state index contributed by atoms with van der Waals surface area (Å²) in [4.78, 5) is 18.0. The second-order valence-corrected chi connectivity index (χ2v) is 9.27. The van der Waals surface area contributed by atoms with Gasteiger partial charge in [-0.15, -0.1) is 34.5 Å². The van der Waals surface area contributed by atoms with E-state index in [4.69, 9.17) is 34.8 Å². The van der Waals surface area contributed by atoms with Crippen molar-refractivity contribution < 1.29 is 4.79 Å². The number of hydrogen-bond acceptors (Lipinski definition) is 3. The Morgan fingerprint density at radius 2 is 1.90 bits per heavy atom. The van der Waals surface area contributed by atoms with Crippen LogP contribution in [0.1, 0.15) is 18.2 Å². The molecule has 1 aliphatic heterocycles. The quantitative estimate of drug-likeness (QED) is 0.762. The van der Waals surface area contributed by atoms with Crippen molar-refractivity contribution in [3.05, 3.63) is 21.3 Å². The third-order valence-corrected chi connectivity index (χ3v) is 6.72. The molecule has 1 aromatic rings. The molecule has 0 spiro atoms. The van der Waals surface area contributed by atoms with Crippen LogP contribution >= 0.6 is 46.1 Å². The van der Waals surface area contributed by atoms with Crippen LogP contribution in [-0.2, 0) is 11.3 Å². The molecule has 2 heterocycles. The number of halogens is 3. The van der Waals surface area contributed by atoms with Crippen LogP contribution in [0, 0.1) is 5.41 Å². The van der Waals surface area contributed by atoms with Crippen molar-refractivity contribution in [1.82, 2.24) is 9.80 Å². The van der Waals surface area contributed by atoms with Crippen molar-refractivity contribution in [2.24, 2.45) is 5.41 Å². The summed E-state index contributed by atoms with van der Waals surface area (Å²) in [6, 6.07) is 3.99. The Morgan fingerprint density at radius 1 is 1.29 bits per heavy atom. The van der Waals surface area contributed by atoms with Gasteiger partial charge in [0, 0.05) is 37.6 Å². The lowest BCUT2D eigenvalue weighted by Crippen LogP contribution is -2.50. The van der Waals surface area contributed by atoms with Gasteiger partial charge in [-0.3, -0.25) is 9.69 Å². The van der Waals surface area contributed by atoms with Crippen molar-refractivity contribution in [1.29, 1.82) is 0 Å². The molecule has 7 heteroatoms. The lowest BCUT2D eigenvalue weighted by molar-refractivity contribution is -0.138. The number of amides is 1. The maximum absolute atomic E-state index is 12.5. The van der Waals surface area contributed by atoms with Crippen LogP contribution in [0.2, 0.25) is 4.34 Å². The molecular formula is C14H17Cl3N2OS. The van der Waals surface area contributed by atoms with E-state index in [0.717, 1.165) is 37.1 Å². The van der Waals surface area contributed by atoms with Gasteiger partial charge in [-0.1, -0.05) is 11.6 Å². The van der Waals surface area contributed by atoms with E-state index in [-0.39, 0.29) is 5.91 Å². The largest absolute Gasteiger partial charge is 0.340 e. The van der Waals surface area contributed by atoms with E-state index in [1.165, 1.54) is 4.88 Å². The summed E-state index contributed by atoms with van der Waals surface area (Å²) >= 11 is 19.8. The number of piperazine rings is 1. The second kappa shape index (κ2) is 5.57. The Bertz CT molecular complexity index is 554. The highest BCUT2D eigenvalue weighted by Crippen LogP contribution is 2.64. The molecule has 1 atom stereocenters. The zero-order chi connectivity index (χ0) is 15.3. The summed E-state index contributed by atoms with van der Waals surface area (Å²) in [7, 11) is 0. The number of rotatable bonds is 3. The predicted molar refractivity (Wildman–Crippen MR) is 88.3 cm³/mol. The van der Waals surface area contributed by atoms with Gasteiger partial charge in [0.25, 0.3) is 0 Å². The Labute approximate surface area is 143 Å². The average Bonchev–Trinajstić information content (AvgIpc) is 2.75. The molecule has 1 saturated heterocycles. The highest BCUT2D eigenvalue weighted by atomic mass is 35.5. The van der Waals surface area contributed by atoms with E-state index in [2.05, 4.69) is 11.0 Å². The molecule has 1 aliphatic carbocycles. The minimum Gasteiger partial charge on any atom is -0.340 e. The fraction of sp³-hybridized carbons (Fsp3) is 0.643. The Kier molecular flexibility index (Phi) is 4.21. The number of nitrogens with zero attached hydrogens (tertiary/aromatic N) is 2. The molecule has 3 nitrogen and oxygen atoms in total. The zero-order valence-corrected chi connectivity index (χ0v) is 14.8. The summed E-state index contributed by atoms with van der Waals surface area (Å²) in [5.74, 6) is 0.0892. The van der Waals surface area contributed by atoms with Gasteiger partial charge < -0.3 is 4.90 Å². The van der Waals surface area contributed by atoms with Gasteiger partial charge in [-0.25, -0.2) is 0 Å². The first-order chi connectivity index (χ1) is 9.82. The van der Waals surface area contributed by atoms with E-state index >= 15 is 0 Å². The third kappa shape index (κ3) is 3.06. The van der Waals surface area contributed by atoms with E-state index in [0.29, 0.717) is 6.42 Å². The van der Waals surface area contributed by atoms with Crippen LogP contribution in [0.15, 0.2) is 12.1 Å². The topological polar surface area (TPSA) is 23.6 Å². The standard InChI is InChI=1S/C14H17Cl3N2OS/c1-13(9-14(13,16)17)12(20)19-6-4-18(5-7-19)8-10-2-3-11(15)21-10/h2-3H,4-9H2,1H3. The molecule has 116 valence electrons. The Balaban J connectivity index is 1.52. The Morgan fingerprint density at radius 3 is 2.38 bits per heavy atom. The third-order valence-electron chi connectivity index (χ3n) is 4.40. The molecule has 2 aliphatic rings. The molecule has 1 saturated carbocycles. The molecule has 21 heavy (non-hydrogen) atoms. The average molecular weight is 368 g/mol. The van der Waals surface area contributed by atoms with Crippen LogP contribution in [0.3, 0.4) is 0 Å². The molecule has 2 fully saturated rings. The van der Waals surface area contributed by atoms with Gasteiger partial charge >= 0.3 is 0 Å². The monoisotopic (exact) mass is 366 g/mol. The van der Waals surface area contributed by atoms with Crippen LogP contribution in [0.25, 0.3) is 0 Å². The number of thiophene rings is 1. The number of carbonyl (C=O) groups is 1. The molecule has 3 rings (SSSR count). The molecule has 0 aromatic carbocycles. The summed E-state index contributed by atoms with van der Waals surface area (Å²) in [6.07, 6.45) is 0.551. The smallest absolute Gasteiger partial charge is 0.231 e. The summed E-state index contributed by atoms with van der Waals surface area (Å²) < 4.78 is -0.0596. The number of hydrogen-bond donors (Lipinski definition) is 0. The molecule has 0 radical (unpaired) electrons. The molecule has 1 amide bonds. The first kappa shape index (κ1) is 15.9. The first-order valence-electron chi connectivity index (χ1n) is 6.96. The van der Waals surface area contributed by atoms with Crippen molar-refractivity contribution in [3.63, 3.8) is 0 Å². The van der Waals surface area contributed by atoms with Gasteiger partial charge in [0.2, 0.25) is 5.91 Å². The SMILES string of the molecule is CC1(C(=O)N2CCN(Cc3ccc(Cl)s3)CC2)CC1(Cl)Cl. The maximum atomic E-state index is 12.5. The van der Waals surface area contributed by atoms with Crippen LogP contribution in [0.4, 0.5) is 0 Å². The van der Waals surface area contributed by atoms with E-state index in [1.807, 2.05) is 17.9 Å². The summed E-state index contributed by atoms with van der Waals surface area (Å²) in [6.45, 7) is 5.96. The molecule has 1 aromatic heterocycles. The van der Waals surface area contributed by atoms with E-state index < -0.39 is 9.75 Å². The van der Waals surface area contributed by atoms with Gasteiger partial charge in [0.05, 0.1) is 9.75 Å². The van der Waals surface area contributed by atoms with Crippen LogP contribution in [0.5, 0.6) is 0 Å². The van der Waals surface area contributed by atoms with Crippen molar-refractivity contribution in [2.45, 2.75) is 24.2 Å². The fourth-order valence-electron chi connectivity index (χ4n) is 2.75. The van der Waals surface area contributed by atoms with E-state index in [1.54, 1.807) is 11.3 Å². The van der Waals surface area contributed by atoms with E-state index in [9.17, 15) is 4.79 Å². The lowest BCUT2D eigenvalue weighted by atomic mass is 10.1. The van der Waals surface area contributed by atoms with Gasteiger partial charge in [-0.05, 0) is 25.5 Å². The molecule has 0 N–H and O–H groups in total. The van der Waals surface area contributed by atoms with Crippen molar-refractivity contribution >= 4 is 52.0 Å². The van der Waals surface area contributed by atoms with Crippen molar-refractivity contribution in [2.75, 3.05) is 26.2 Å². The molecule has 0 bridgehead atoms. The lowest BCUT2D eigenvalue weighted by Gasteiger charge is -2.36. The number of alkyl halides is 2. The van der Waals surface area contributed by atoms with Gasteiger partial charge in [0.1, 0.15) is 4.33 Å². The predicted octanol–water partition coefficient (Wildman–Crippen LogP) is 3.63. The first-order valence-corrected chi connectivity index (χ1v) is 8.91. The fourth-order valence-corrected chi connectivity index (χ4v) is 4.57. The minimum absolute atomic E-state index is 0.0892. The zero-order valence-electron chi connectivity index (χ0n) is 11.7. The Hall–Kier alpha value is -0.000000000000000111. The normalized spacial score (nSPS) is 28.7. The highest BCUT2D eigenvalue weighted by molar-refractivity contribution is 7.16. The summed E-state index contributed by atoms with van der Waals surface area (Å²) in [5, 5.41) is 0. The highest BCUT2D eigenvalue weighted by Gasteiger charge is 2.68. The van der Waals surface area contributed by atoms with Crippen LogP contribution < -0.4 is 0 Å². The number of carbonyl (C=O) groups excluding carboxylic acids is 1. The van der Waals surface area contributed by atoms with Crippen molar-refractivity contribution in [3.8, 4) is 0 Å². The molecular weight excluding hydrogens is 351 g/mol. The minimum atomic E-state index is -0.880. The maximum Gasteiger partial charge on any atom is 0.231 e. The summed E-state index contributed by atoms with van der Waals surface area (Å²) in [5.41, 5.74) is -0.598. The van der Waals surface area contributed by atoms with Gasteiger partial charge in [-0.2, -0.15) is 0 Å². The van der Waals surface area contributed by atoms with Gasteiger partial charge in [0.15, 0.2) is 0 Å². The molecule has 1 unspecified atom stereocenters. The van der Waals surface area contributed by atoms with Crippen LogP contribution in [-0.4, -0.2) is 46.2 Å².